The first-order valence-electron chi connectivity index (χ1n) is 6.52. The molecular weight excluding hydrogens is 260 g/mol. The van der Waals surface area contributed by atoms with E-state index in [0.717, 1.165) is 11.1 Å². The van der Waals surface area contributed by atoms with Crippen LogP contribution in [0.5, 0.6) is 5.75 Å². The molecule has 102 valence electrons. The van der Waals surface area contributed by atoms with Gasteiger partial charge in [0.25, 0.3) is 0 Å². The third-order valence-electron chi connectivity index (χ3n) is 2.94. The number of ether oxygens (including phenoxy) is 1. The highest BCUT2D eigenvalue weighted by Gasteiger charge is 2.03. The number of rotatable bonds is 4. The number of para-hydroxylation sites is 1. The monoisotopic (exact) mass is 274 g/mol. The van der Waals surface area contributed by atoms with Crippen molar-refractivity contribution in [2.24, 2.45) is 0 Å². The summed E-state index contributed by atoms with van der Waals surface area (Å²) in [6.45, 7) is 2.48. The first-order chi connectivity index (χ1) is 10.2. The summed E-state index contributed by atoms with van der Waals surface area (Å²) in [5, 5.41) is 17.7. The van der Waals surface area contributed by atoms with Gasteiger partial charge < -0.3 is 4.74 Å². The van der Waals surface area contributed by atoms with Gasteiger partial charge in [-0.2, -0.15) is 10.5 Å². The number of hydrogen-bond acceptors (Lipinski definition) is 3. The highest BCUT2D eigenvalue weighted by Crippen LogP contribution is 2.22. The quantitative estimate of drug-likeness (QED) is 0.792. The van der Waals surface area contributed by atoms with Crippen LogP contribution in [-0.2, 0) is 6.61 Å². The van der Waals surface area contributed by atoms with Gasteiger partial charge in [0.2, 0.25) is 0 Å². The van der Waals surface area contributed by atoms with Crippen LogP contribution >= 0.6 is 0 Å². The lowest BCUT2D eigenvalue weighted by atomic mass is 10.1. The molecule has 0 atom stereocenters. The standard InChI is InChI=1S/C18H14N2O/c1-14-5-4-6-15(9-14)13-21-18-8-3-2-7-17(18)10-16(11-19)12-20/h2-10H,13H2,1H3. The Labute approximate surface area is 124 Å². The van der Waals surface area contributed by atoms with Crippen molar-refractivity contribution in [1.82, 2.24) is 0 Å². The molecule has 0 aliphatic heterocycles. The van der Waals surface area contributed by atoms with E-state index in [1.807, 2.05) is 61.5 Å². The molecule has 3 nitrogen and oxygen atoms in total. The molecule has 0 unspecified atom stereocenters. The van der Waals surface area contributed by atoms with E-state index in [0.29, 0.717) is 12.4 Å². The molecule has 0 radical (unpaired) electrons. The summed E-state index contributed by atoms with van der Waals surface area (Å²) in [5.41, 5.74) is 3.04. The largest absolute Gasteiger partial charge is 0.488 e. The number of nitrogens with zero attached hydrogens (tertiary/aromatic N) is 2. The topological polar surface area (TPSA) is 56.8 Å². The summed E-state index contributed by atoms with van der Waals surface area (Å²) >= 11 is 0. The Bertz CT molecular complexity index is 732. The van der Waals surface area contributed by atoms with Crippen LogP contribution in [0, 0.1) is 29.6 Å². The Balaban J connectivity index is 2.20. The van der Waals surface area contributed by atoms with Gasteiger partial charge in [0.05, 0.1) is 0 Å². The van der Waals surface area contributed by atoms with Crippen LogP contribution in [0.2, 0.25) is 0 Å². The summed E-state index contributed by atoms with van der Waals surface area (Å²) in [7, 11) is 0. The van der Waals surface area contributed by atoms with Crippen LogP contribution in [0.25, 0.3) is 6.08 Å². The van der Waals surface area contributed by atoms with Gasteiger partial charge in [-0.1, -0.05) is 48.0 Å². The Morgan fingerprint density at radius 1 is 1.10 bits per heavy atom. The van der Waals surface area contributed by atoms with Crippen molar-refractivity contribution in [1.29, 1.82) is 10.5 Å². The van der Waals surface area contributed by atoms with Gasteiger partial charge in [-0.25, -0.2) is 0 Å². The first kappa shape index (κ1) is 14.4. The molecular formula is C18H14N2O. The second-order valence-electron chi connectivity index (χ2n) is 4.60. The Morgan fingerprint density at radius 3 is 2.57 bits per heavy atom. The number of hydrogen-bond donors (Lipinski definition) is 0. The highest BCUT2D eigenvalue weighted by atomic mass is 16.5. The highest BCUT2D eigenvalue weighted by molar-refractivity contribution is 5.66. The molecule has 0 spiro atoms. The minimum Gasteiger partial charge on any atom is -0.488 e. The predicted octanol–water partition coefficient (Wildman–Crippen LogP) is 4.00. The zero-order valence-electron chi connectivity index (χ0n) is 11.7. The summed E-state index contributed by atoms with van der Waals surface area (Å²) in [5.74, 6) is 0.655. The molecule has 0 heterocycles. The van der Waals surface area contributed by atoms with Crippen molar-refractivity contribution in [2.45, 2.75) is 13.5 Å². The molecule has 0 saturated carbocycles. The van der Waals surface area contributed by atoms with E-state index in [9.17, 15) is 0 Å². The molecule has 0 fully saturated rings. The van der Waals surface area contributed by atoms with E-state index < -0.39 is 0 Å². The van der Waals surface area contributed by atoms with Crippen LogP contribution in [-0.4, -0.2) is 0 Å². The lowest BCUT2D eigenvalue weighted by Crippen LogP contribution is -1.97. The van der Waals surface area contributed by atoms with Crippen molar-refractivity contribution < 1.29 is 4.74 Å². The smallest absolute Gasteiger partial charge is 0.130 e. The molecule has 2 aromatic carbocycles. The van der Waals surface area contributed by atoms with Crippen molar-refractivity contribution in [3.05, 3.63) is 70.8 Å². The maximum atomic E-state index is 8.84. The number of nitriles is 2. The fourth-order valence-corrected chi connectivity index (χ4v) is 1.94. The van der Waals surface area contributed by atoms with Gasteiger partial charge in [0.15, 0.2) is 0 Å². The van der Waals surface area contributed by atoms with Gasteiger partial charge in [-0.05, 0) is 24.6 Å². The SMILES string of the molecule is Cc1cccc(COc2ccccc2C=C(C#N)C#N)c1. The molecule has 0 amide bonds. The van der Waals surface area contributed by atoms with Gasteiger partial charge >= 0.3 is 0 Å². The van der Waals surface area contributed by atoms with Gasteiger partial charge in [-0.15, -0.1) is 0 Å². The van der Waals surface area contributed by atoms with Crippen molar-refractivity contribution in [3.63, 3.8) is 0 Å². The van der Waals surface area contributed by atoms with E-state index in [2.05, 4.69) is 6.07 Å². The molecule has 3 heteroatoms. The van der Waals surface area contributed by atoms with E-state index >= 15 is 0 Å². The predicted molar refractivity (Wildman–Crippen MR) is 81.2 cm³/mol. The van der Waals surface area contributed by atoms with Gasteiger partial charge in [0, 0.05) is 5.56 Å². The Hall–Kier alpha value is -3.04. The maximum absolute atomic E-state index is 8.84. The van der Waals surface area contributed by atoms with E-state index in [4.69, 9.17) is 15.3 Å². The molecule has 0 bridgehead atoms. The fourth-order valence-electron chi connectivity index (χ4n) is 1.94. The minimum atomic E-state index is 0.0570. The molecule has 2 rings (SSSR count). The van der Waals surface area contributed by atoms with Gasteiger partial charge in [-0.3, -0.25) is 0 Å². The van der Waals surface area contributed by atoms with Crippen LogP contribution in [0.4, 0.5) is 0 Å². The van der Waals surface area contributed by atoms with E-state index in [1.165, 1.54) is 11.6 Å². The first-order valence-corrected chi connectivity index (χ1v) is 6.52. The normalized spacial score (nSPS) is 9.29. The number of allylic oxidation sites excluding steroid dienone is 1. The van der Waals surface area contributed by atoms with Crippen molar-refractivity contribution in [3.8, 4) is 17.9 Å². The Morgan fingerprint density at radius 2 is 1.86 bits per heavy atom. The molecule has 0 saturated heterocycles. The third-order valence-corrected chi connectivity index (χ3v) is 2.94. The Kier molecular flexibility index (Phi) is 4.75. The second-order valence-corrected chi connectivity index (χ2v) is 4.60. The zero-order chi connectivity index (χ0) is 15.1. The number of benzene rings is 2. The lowest BCUT2D eigenvalue weighted by molar-refractivity contribution is 0.305. The average Bonchev–Trinajstić information content (AvgIpc) is 2.51. The summed E-state index contributed by atoms with van der Waals surface area (Å²) in [6, 6.07) is 19.1. The summed E-state index contributed by atoms with van der Waals surface area (Å²) in [4.78, 5) is 0. The molecule has 0 aromatic heterocycles. The second kappa shape index (κ2) is 6.93. The summed E-state index contributed by atoms with van der Waals surface area (Å²) < 4.78 is 5.80. The minimum absolute atomic E-state index is 0.0570. The average molecular weight is 274 g/mol. The maximum Gasteiger partial charge on any atom is 0.130 e. The molecule has 21 heavy (non-hydrogen) atoms. The van der Waals surface area contributed by atoms with Crippen LogP contribution in [0.1, 0.15) is 16.7 Å². The molecule has 0 aliphatic rings. The summed E-state index contributed by atoms with van der Waals surface area (Å²) in [6.07, 6.45) is 1.53. The van der Waals surface area contributed by atoms with Crippen molar-refractivity contribution in [2.75, 3.05) is 0 Å². The molecule has 0 aliphatic carbocycles. The number of aryl methyl sites for hydroxylation is 1. The van der Waals surface area contributed by atoms with Crippen LogP contribution in [0.3, 0.4) is 0 Å². The van der Waals surface area contributed by atoms with Crippen LogP contribution < -0.4 is 4.74 Å². The third kappa shape index (κ3) is 3.96. The zero-order valence-corrected chi connectivity index (χ0v) is 11.7. The lowest BCUT2D eigenvalue weighted by Gasteiger charge is -2.09. The fraction of sp³-hybridized carbons (Fsp3) is 0.111. The van der Waals surface area contributed by atoms with Crippen molar-refractivity contribution >= 4 is 6.08 Å². The van der Waals surface area contributed by atoms with E-state index in [-0.39, 0.29) is 5.57 Å². The van der Waals surface area contributed by atoms with E-state index in [1.54, 1.807) is 0 Å². The van der Waals surface area contributed by atoms with Crippen LogP contribution in [0.15, 0.2) is 54.1 Å². The molecule has 2 aromatic rings. The van der Waals surface area contributed by atoms with Gasteiger partial charge in [0.1, 0.15) is 30.1 Å². The molecule has 0 N–H and O–H groups in total.